The van der Waals surface area contributed by atoms with E-state index in [-0.39, 0.29) is 0 Å². The van der Waals surface area contributed by atoms with E-state index >= 15 is 0 Å². The molecule has 2 aromatic heterocycles. The van der Waals surface area contributed by atoms with E-state index in [9.17, 15) is 15.3 Å². The molecule has 1 saturated heterocycles. The largest absolute Gasteiger partial charge is 0.397 e. The van der Waals surface area contributed by atoms with Crippen LogP contribution in [0.15, 0.2) is 41.9 Å². The number of nitrogens with zero attached hydrogens (tertiary/aromatic N) is 3. The van der Waals surface area contributed by atoms with Crippen LogP contribution < -0.4 is 5.49 Å². The standard InChI is InChI=1S/C19H21ClN4O5/c1-9-7-10(3-4-12(9)20)13(25)16-14(26)15(27)19(29-16)24-6-5-11-17(23-28-2)21-8-22-18(11)24/h3-8,13-16,19,25-27H,1-2H3,(H,21,22,23)/t13?,14-,15+,16+,19+/m0/s1. The van der Waals surface area contributed by atoms with Crippen LogP contribution in [-0.2, 0) is 9.57 Å². The number of ether oxygens (including phenoxy) is 1. The third kappa shape index (κ3) is 3.41. The molecule has 0 saturated carbocycles. The maximum absolute atomic E-state index is 10.8. The zero-order valence-corrected chi connectivity index (χ0v) is 16.5. The van der Waals surface area contributed by atoms with Crippen molar-refractivity contribution in [2.75, 3.05) is 7.11 Å². The average molecular weight is 421 g/mol. The van der Waals surface area contributed by atoms with Crippen LogP contribution in [-0.4, -0.2) is 55.3 Å². The van der Waals surface area contributed by atoms with Gasteiger partial charge in [0.2, 0.25) is 5.49 Å². The number of benzene rings is 1. The highest BCUT2D eigenvalue weighted by Crippen LogP contribution is 2.37. The first-order chi connectivity index (χ1) is 13.9. The SMILES string of the molecule is CON=c1nc[nH]c2c1ccn2[C@@H]1O[C@H](C(O)c2ccc(Cl)c(C)c2)[C@@H](O)[C@H]1O. The Balaban J connectivity index is 1.67. The van der Waals surface area contributed by atoms with Gasteiger partial charge in [0, 0.05) is 11.2 Å². The third-order valence-electron chi connectivity index (χ3n) is 5.11. The molecule has 29 heavy (non-hydrogen) atoms. The fraction of sp³-hybridized carbons (Fsp3) is 0.368. The fourth-order valence-electron chi connectivity index (χ4n) is 3.59. The van der Waals surface area contributed by atoms with Crippen LogP contribution in [0.5, 0.6) is 0 Å². The summed E-state index contributed by atoms with van der Waals surface area (Å²) in [6.45, 7) is 1.82. The van der Waals surface area contributed by atoms with Crippen molar-refractivity contribution < 1.29 is 24.9 Å². The van der Waals surface area contributed by atoms with Crippen molar-refractivity contribution in [2.45, 2.75) is 37.6 Å². The lowest BCUT2D eigenvalue weighted by molar-refractivity contribution is -0.0848. The Bertz CT molecular complexity index is 1100. The number of aryl methyl sites for hydroxylation is 1. The van der Waals surface area contributed by atoms with Gasteiger partial charge in [-0.25, -0.2) is 4.98 Å². The van der Waals surface area contributed by atoms with E-state index in [0.717, 1.165) is 5.56 Å². The fourth-order valence-corrected chi connectivity index (χ4v) is 3.71. The van der Waals surface area contributed by atoms with Crippen molar-refractivity contribution in [2.24, 2.45) is 5.16 Å². The van der Waals surface area contributed by atoms with Gasteiger partial charge in [-0.1, -0.05) is 28.9 Å². The molecule has 0 radical (unpaired) electrons. The molecular formula is C19H21ClN4O5. The van der Waals surface area contributed by atoms with Gasteiger partial charge >= 0.3 is 0 Å². The number of nitrogens with one attached hydrogen (secondary N) is 1. The first-order valence-corrected chi connectivity index (χ1v) is 9.37. The van der Waals surface area contributed by atoms with E-state index in [1.54, 1.807) is 35.0 Å². The summed E-state index contributed by atoms with van der Waals surface area (Å²) >= 11 is 6.05. The monoisotopic (exact) mass is 420 g/mol. The number of aromatic nitrogens is 3. The van der Waals surface area contributed by atoms with Crippen molar-refractivity contribution in [3.05, 3.63) is 58.4 Å². The molecule has 0 aliphatic carbocycles. The van der Waals surface area contributed by atoms with Crippen molar-refractivity contribution in [1.82, 2.24) is 14.5 Å². The number of fused-ring (bicyclic) bond motifs is 1. The summed E-state index contributed by atoms with van der Waals surface area (Å²) in [4.78, 5) is 11.9. The van der Waals surface area contributed by atoms with E-state index in [0.29, 0.717) is 27.1 Å². The first kappa shape index (κ1) is 19.9. The van der Waals surface area contributed by atoms with Gasteiger partial charge < -0.3 is 34.4 Å². The zero-order chi connectivity index (χ0) is 20.7. The Hall–Kier alpha value is -2.43. The molecule has 0 spiro atoms. The molecule has 1 aromatic carbocycles. The summed E-state index contributed by atoms with van der Waals surface area (Å²) in [5.41, 5.74) is 2.27. The Kier molecular flexibility index (Phi) is 5.32. The minimum atomic E-state index is -1.30. The maximum Gasteiger partial charge on any atom is 0.203 e. The second kappa shape index (κ2) is 7.77. The number of aliphatic hydroxyl groups excluding tert-OH is 3. The molecule has 4 rings (SSSR count). The molecule has 1 aliphatic rings. The topological polar surface area (TPSA) is 125 Å². The number of rotatable bonds is 4. The lowest BCUT2D eigenvalue weighted by Gasteiger charge is -2.22. The maximum atomic E-state index is 10.8. The second-order valence-corrected chi connectivity index (χ2v) is 7.32. The number of hydrogen-bond donors (Lipinski definition) is 4. The quantitative estimate of drug-likeness (QED) is 0.469. The van der Waals surface area contributed by atoms with Gasteiger partial charge in [0.25, 0.3) is 0 Å². The third-order valence-corrected chi connectivity index (χ3v) is 5.53. The number of H-pyrrole nitrogens is 1. The Morgan fingerprint density at radius 2 is 2.10 bits per heavy atom. The smallest absolute Gasteiger partial charge is 0.203 e. The zero-order valence-electron chi connectivity index (χ0n) is 15.7. The number of halogens is 1. The van der Waals surface area contributed by atoms with Crippen LogP contribution in [0.3, 0.4) is 0 Å². The molecule has 3 aromatic rings. The van der Waals surface area contributed by atoms with Gasteiger partial charge in [0.15, 0.2) is 6.23 Å². The van der Waals surface area contributed by atoms with Crippen molar-refractivity contribution in [3.63, 3.8) is 0 Å². The van der Waals surface area contributed by atoms with Gasteiger partial charge in [-0.2, -0.15) is 0 Å². The van der Waals surface area contributed by atoms with Crippen molar-refractivity contribution >= 4 is 22.6 Å². The van der Waals surface area contributed by atoms with E-state index in [2.05, 4.69) is 15.1 Å². The molecule has 4 N–H and O–H groups in total. The summed E-state index contributed by atoms with van der Waals surface area (Å²) in [6.07, 6.45) is -2.54. The molecule has 3 heterocycles. The van der Waals surface area contributed by atoms with E-state index in [4.69, 9.17) is 21.2 Å². The molecule has 154 valence electrons. The molecule has 0 amide bonds. The number of hydrogen-bond acceptors (Lipinski definition) is 7. The predicted octanol–water partition coefficient (Wildman–Crippen LogP) is 1.14. The number of aliphatic hydroxyl groups is 3. The molecular weight excluding hydrogens is 400 g/mol. The molecule has 1 aliphatic heterocycles. The van der Waals surface area contributed by atoms with Crippen LogP contribution in [0.1, 0.15) is 23.5 Å². The van der Waals surface area contributed by atoms with Crippen LogP contribution in [0.2, 0.25) is 5.02 Å². The Morgan fingerprint density at radius 1 is 1.31 bits per heavy atom. The number of aromatic amines is 1. The van der Waals surface area contributed by atoms with E-state index in [1.165, 1.54) is 13.4 Å². The van der Waals surface area contributed by atoms with Crippen molar-refractivity contribution in [3.8, 4) is 0 Å². The van der Waals surface area contributed by atoms with Gasteiger partial charge in [0.05, 0.1) is 11.7 Å². The molecule has 9 nitrogen and oxygen atoms in total. The van der Waals surface area contributed by atoms with E-state index in [1.807, 2.05) is 6.92 Å². The highest BCUT2D eigenvalue weighted by Gasteiger charge is 2.47. The van der Waals surface area contributed by atoms with Crippen LogP contribution in [0.4, 0.5) is 0 Å². The summed E-state index contributed by atoms with van der Waals surface area (Å²) in [7, 11) is 1.42. The highest BCUT2D eigenvalue weighted by atomic mass is 35.5. The molecule has 10 heteroatoms. The molecule has 1 fully saturated rings. The van der Waals surface area contributed by atoms with Crippen LogP contribution in [0, 0.1) is 6.92 Å². The minimum absolute atomic E-state index is 0.362. The molecule has 1 unspecified atom stereocenters. The van der Waals surface area contributed by atoms with Crippen LogP contribution in [0.25, 0.3) is 11.0 Å². The van der Waals surface area contributed by atoms with Gasteiger partial charge in [0.1, 0.15) is 37.2 Å². The summed E-state index contributed by atoms with van der Waals surface area (Å²) in [6, 6.07) is 6.81. The lowest BCUT2D eigenvalue weighted by Crippen LogP contribution is -2.34. The summed E-state index contributed by atoms with van der Waals surface area (Å²) < 4.78 is 7.53. The van der Waals surface area contributed by atoms with Gasteiger partial charge in [-0.05, 0) is 30.2 Å². The molecule has 5 atom stereocenters. The molecule has 0 bridgehead atoms. The first-order valence-electron chi connectivity index (χ1n) is 8.99. The van der Waals surface area contributed by atoms with Gasteiger partial charge in [-0.15, -0.1) is 0 Å². The normalized spacial score (nSPS) is 26.2. The van der Waals surface area contributed by atoms with Crippen LogP contribution >= 0.6 is 11.6 Å². The van der Waals surface area contributed by atoms with Gasteiger partial charge in [-0.3, -0.25) is 0 Å². The minimum Gasteiger partial charge on any atom is -0.397 e. The lowest BCUT2D eigenvalue weighted by atomic mass is 9.98. The average Bonchev–Trinajstić information content (AvgIpc) is 3.26. The highest BCUT2D eigenvalue weighted by molar-refractivity contribution is 6.31. The van der Waals surface area contributed by atoms with E-state index < -0.39 is 30.6 Å². The Morgan fingerprint density at radius 3 is 2.83 bits per heavy atom. The summed E-state index contributed by atoms with van der Waals surface area (Å²) in [5, 5.41) is 37.0. The summed E-state index contributed by atoms with van der Waals surface area (Å²) in [5.74, 6) is 0. The Labute approximate surface area is 170 Å². The van der Waals surface area contributed by atoms with Crippen molar-refractivity contribution in [1.29, 1.82) is 0 Å². The second-order valence-electron chi connectivity index (χ2n) is 6.91. The predicted molar refractivity (Wildman–Crippen MR) is 104 cm³/mol.